The third-order valence-electron chi connectivity index (χ3n) is 3.11. The molecule has 0 spiro atoms. The van der Waals surface area contributed by atoms with E-state index in [1.165, 1.54) is 38.9 Å². The standard InChI is InChI=1S/C13H26N4/c1-4-8-15-13(14-3)16-12-6-10-17(9-5-2)11-7-12/h4,12H,1,5-11H2,2-3H3,(H2,14,15,16). The van der Waals surface area contributed by atoms with Crippen LogP contribution in [-0.4, -0.2) is 50.1 Å². The summed E-state index contributed by atoms with van der Waals surface area (Å²) in [4.78, 5) is 6.75. The summed E-state index contributed by atoms with van der Waals surface area (Å²) in [5, 5.41) is 6.68. The van der Waals surface area contributed by atoms with Crippen LogP contribution in [0.3, 0.4) is 0 Å². The number of rotatable bonds is 5. The topological polar surface area (TPSA) is 39.7 Å². The number of hydrogen-bond donors (Lipinski definition) is 2. The minimum Gasteiger partial charge on any atom is -0.354 e. The fraction of sp³-hybridized carbons (Fsp3) is 0.769. The van der Waals surface area contributed by atoms with Crippen molar-refractivity contribution >= 4 is 5.96 Å². The van der Waals surface area contributed by atoms with E-state index in [4.69, 9.17) is 0 Å². The van der Waals surface area contributed by atoms with Crippen molar-refractivity contribution in [3.63, 3.8) is 0 Å². The van der Waals surface area contributed by atoms with Gasteiger partial charge < -0.3 is 15.5 Å². The zero-order valence-corrected chi connectivity index (χ0v) is 11.2. The monoisotopic (exact) mass is 238 g/mol. The lowest BCUT2D eigenvalue weighted by Crippen LogP contribution is -2.48. The van der Waals surface area contributed by atoms with Crippen molar-refractivity contribution < 1.29 is 0 Å². The second kappa shape index (κ2) is 8.12. The number of nitrogens with one attached hydrogen (secondary N) is 2. The molecule has 4 nitrogen and oxygen atoms in total. The van der Waals surface area contributed by atoms with Crippen molar-refractivity contribution in [3.8, 4) is 0 Å². The maximum atomic E-state index is 4.21. The van der Waals surface area contributed by atoms with Gasteiger partial charge in [0.25, 0.3) is 0 Å². The van der Waals surface area contributed by atoms with Crippen LogP contribution in [0.2, 0.25) is 0 Å². The number of aliphatic imine (C=N–C) groups is 1. The van der Waals surface area contributed by atoms with Crippen LogP contribution in [0, 0.1) is 0 Å². The van der Waals surface area contributed by atoms with E-state index in [9.17, 15) is 0 Å². The molecule has 0 aromatic carbocycles. The minimum atomic E-state index is 0.555. The molecule has 0 unspecified atom stereocenters. The molecule has 4 heteroatoms. The SMILES string of the molecule is C=CCNC(=NC)NC1CCN(CCC)CC1. The second-order valence-corrected chi connectivity index (χ2v) is 4.50. The van der Waals surface area contributed by atoms with E-state index in [2.05, 4.69) is 34.0 Å². The van der Waals surface area contributed by atoms with Crippen molar-refractivity contribution in [2.45, 2.75) is 32.2 Å². The summed E-state index contributed by atoms with van der Waals surface area (Å²) in [6, 6.07) is 0.555. The summed E-state index contributed by atoms with van der Waals surface area (Å²) in [6.45, 7) is 10.3. The lowest BCUT2D eigenvalue weighted by Gasteiger charge is -2.32. The summed E-state index contributed by atoms with van der Waals surface area (Å²) >= 11 is 0. The number of likely N-dealkylation sites (tertiary alicyclic amines) is 1. The molecule has 0 bridgehead atoms. The van der Waals surface area contributed by atoms with Crippen LogP contribution < -0.4 is 10.6 Å². The first-order chi connectivity index (χ1) is 8.30. The first kappa shape index (κ1) is 14.0. The molecule has 17 heavy (non-hydrogen) atoms. The van der Waals surface area contributed by atoms with Crippen LogP contribution in [0.1, 0.15) is 26.2 Å². The van der Waals surface area contributed by atoms with Gasteiger partial charge in [0.1, 0.15) is 0 Å². The molecule has 0 aliphatic carbocycles. The number of hydrogen-bond acceptors (Lipinski definition) is 2. The smallest absolute Gasteiger partial charge is 0.191 e. The number of guanidine groups is 1. The molecular weight excluding hydrogens is 212 g/mol. The van der Waals surface area contributed by atoms with Crippen LogP contribution in [0.4, 0.5) is 0 Å². The van der Waals surface area contributed by atoms with Crippen LogP contribution in [-0.2, 0) is 0 Å². The van der Waals surface area contributed by atoms with Gasteiger partial charge >= 0.3 is 0 Å². The van der Waals surface area contributed by atoms with Crippen LogP contribution in [0.15, 0.2) is 17.6 Å². The van der Waals surface area contributed by atoms with Crippen molar-refractivity contribution in [2.75, 3.05) is 33.2 Å². The molecule has 0 aromatic heterocycles. The van der Waals surface area contributed by atoms with Gasteiger partial charge in [-0.2, -0.15) is 0 Å². The van der Waals surface area contributed by atoms with Crippen LogP contribution in [0.5, 0.6) is 0 Å². The Morgan fingerprint density at radius 3 is 2.71 bits per heavy atom. The van der Waals surface area contributed by atoms with E-state index < -0.39 is 0 Å². The Bertz CT molecular complexity index is 242. The zero-order chi connectivity index (χ0) is 12.5. The average molecular weight is 238 g/mol. The summed E-state index contributed by atoms with van der Waals surface area (Å²) < 4.78 is 0. The molecule has 0 radical (unpaired) electrons. The first-order valence-electron chi connectivity index (χ1n) is 6.60. The Labute approximate surface area is 105 Å². The lowest BCUT2D eigenvalue weighted by molar-refractivity contribution is 0.206. The normalized spacial score (nSPS) is 19.1. The minimum absolute atomic E-state index is 0.555. The van der Waals surface area contributed by atoms with Crippen molar-refractivity contribution in [1.29, 1.82) is 0 Å². The largest absolute Gasteiger partial charge is 0.354 e. The predicted octanol–water partition coefficient (Wildman–Crippen LogP) is 1.21. The van der Waals surface area contributed by atoms with Gasteiger partial charge in [0.05, 0.1) is 0 Å². The summed E-state index contributed by atoms with van der Waals surface area (Å²) in [7, 11) is 1.81. The Morgan fingerprint density at radius 2 is 2.18 bits per heavy atom. The van der Waals surface area contributed by atoms with Gasteiger partial charge in [-0.3, -0.25) is 4.99 Å². The van der Waals surface area contributed by atoms with Crippen molar-refractivity contribution in [1.82, 2.24) is 15.5 Å². The second-order valence-electron chi connectivity index (χ2n) is 4.50. The molecule has 1 saturated heterocycles. The maximum absolute atomic E-state index is 4.21. The highest BCUT2D eigenvalue weighted by molar-refractivity contribution is 5.80. The Hall–Kier alpha value is -1.03. The highest BCUT2D eigenvalue weighted by atomic mass is 15.2. The summed E-state index contributed by atoms with van der Waals surface area (Å²) in [6.07, 6.45) is 5.50. The van der Waals surface area contributed by atoms with Gasteiger partial charge in [-0.15, -0.1) is 6.58 Å². The predicted molar refractivity (Wildman–Crippen MR) is 74.4 cm³/mol. The van der Waals surface area contributed by atoms with Gasteiger partial charge in [-0.05, 0) is 25.8 Å². The Morgan fingerprint density at radius 1 is 1.47 bits per heavy atom. The third-order valence-corrected chi connectivity index (χ3v) is 3.11. The van der Waals surface area contributed by atoms with Gasteiger partial charge in [0, 0.05) is 32.7 Å². The molecule has 1 rings (SSSR count). The zero-order valence-electron chi connectivity index (χ0n) is 11.2. The van der Waals surface area contributed by atoms with Crippen molar-refractivity contribution in [2.24, 2.45) is 4.99 Å². The third kappa shape index (κ3) is 5.22. The first-order valence-corrected chi connectivity index (χ1v) is 6.60. The van der Waals surface area contributed by atoms with E-state index >= 15 is 0 Å². The number of nitrogens with zero attached hydrogens (tertiary/aromatic N) is 2. The highest BCUT2D eigenvalue weighted by Crippen LogP contribution is 2.10. The van der Waals surface area contributed by atoms with Crippen molar-refractivity contribution in [3.05, 3.63) is 12.7 Å². The molecule has 1 heterocycles. The van der Waals surface area contributed by atoms with Gasteiger partial charge in [-0.1, -0.05) is 13.0 Å². The average Bonchev–Trinajstić information content (AvgIpc) is 2.37. The van der Waals surface area contributed by atoms with Crippen LogP contribution in [0.25, 0.3) is 0 Å². The Kier molecular flexibility index (Phi) is 6.70. The molecule has 1 fully saturated rings. The van der Waals surface area contributed by atoms with E-state index in [-0.39, 0.29) is 0 Å². The summed E-state index contributed by atoms with van der Waals surface area (Å²) in [5.74, 6) is 0.888. The van der Waals surface area contributed by atoms with Gasteiger partial charge in [-0.25, -0.2) is 0 Å². The maximum Gasteiger partial charge on any atom is 0.191 e. The molecule has 98 valence electrons. The van der Waals surface area contributed by atoms with E-state index in [1.54, 1.807) is 0 Å². The molecule has 0 amide bonds. The fourth-order valence-corrected chi connectivity index (χ4v) is 2.17. The quantitative estimate of drug-likeness (QED) is 0.430. The molecule has 0 atom stereocenters. The molecule has 1 aliphatic rings. The molecular formula is C13H26N4. The van der Waals surface area contributed by atoms with E-state index in [0.29, 0.717) is 6.04 Å². The molecule has 2 N–H and O–H groups in total. The molecule has 1 aliphatic heterocycles. The number of piperidine rings is 1. The van der Waals surface area contributed by atoms with E-state index in [0.717, 1.165) is 12.5 Å². The highest BCUT2D eigenvalue weighted by Gasteiger charge is 2.18. The van der Waals surface area contributed by atoms with Crippen LogP contribution >= 0.6 is 0 Å². The van der Waals surface area contributed by atoms with E-state index in [1.807, 2.05) is 13.1 Å². The fourth-order valence-electron chi connectivity index (χ4n) is 2.17. The lowest BCUT2D eigenvalue weighted by atomic mass is 10.1. The molecule has 0 aromatic rings. The van der Waals surface area contributed by atoms with Gasteiger partial charge in [0.2, 0.25) is 0 Å². The Balaban J connectivity index is 2.26. The molecule has 0 saturated carbocycles. The summed E-state index contributed by atoms with van der Waals surface area (Å²) in [5.41, 5.74) is 0. The van der Waals surface area contributed by atoms with Gasteiger partial charge in [0.15, 0.2) is 5.96 Å².